The number of alkyl halides is 3. The van der Waals surface area contributed by atoms with E-state index in [9.17, 15) is 13.2 Å². The van der Waals surface area contributed by atoms with E-state index >= 15 is 0 Å². The van der Waals surface area contributed by atoms with E-state index in [4.69, 9.17) is 16.3 Å². The van der Waals surface area contributed by atoms with Gasteiger partial charge in [0.15, 0.2) is 0 Å². The summed E-state index contributed by atoms with van der Waals surface area (Å²) in [6.45, 7) is 4.63. The van der Waals surface area contributed by atoms with E-state index in [1.54, 1.807) is 0 Å². The Hall–Kier alpha value is -0.940. The summed E-state index contributed by atoms with van der Waals surface area (Å²) in [5.74, 6) is 0. The Bertz CT molecular complexity index is 395. The predicted molar refractivity (Wildman–Crippen MR) is 66.0 cm³/mol. The number of rotatable bonds is 5. The fraction of sp³-hybridized carbons (Fsp3) is 0.500. The first-order chi connectivity index (χ1) is 8.34. The molecule has 0 saturated heterocycles. The van der Waals surface area contributed by atoms with Gasteiger partial charge in [0.05, 0.1) is 22.9 Å². The molecule has 0 aliphatic rings. The van der Waals surface area contributed by atoms with Gasteiger partial charge in [0.25, 0.3) is 0 Å². The van der Waals surface area contributed by atoms with E-state index in [0.29, 0.717) is 13.2 Å². The fourth-order valence-corrected chi connectivity index (χ4v) is 1.59. The molecule has 2 nitrogen and oxygen atoms in total. The van der Waals surface area contributed by atoms with Crippen molar-refractivity contribution in [3.63, 3.8) is 0 Å². The molecule has 1 unspecified atom stereocenters. The molecule has 0 saturated carbocycles. The Morgan fingerprint density at radius 1 is 1.39 bits per heavy atom. The minimum atomic E-state index is -4.37. The zero-order valence-electron chi connectivity index (χ0n) is 10.1. The molecule has 0 aliphatic heterocycles. The average molecular weight is 282 g/mol. The molecule has 0 fully saturated rings. The van der Waals surface area contributed by atoms with Crippen molar-refractivity contribution >= 4 is 17.3 Å². The number of benzene rings is 1. The molecule has 1 aromatic rings. The van der Waals surface area contributed by atoms with Gasteiger partial charge in [0.2, 0.25) is 0 Å². The molecule has 0 radical (unpaired) electrons. The molecule has 0 amide bonds. The molecule has 0 aliphatic carbocycles. The maximum atomic E-state index is 12.5. The maximum absolute atomic E-state index is 12.5. The zero-order valence-corrected chi connectivity index (χ0v) is 10.9. The van der Waals surface area contributed by atoms with E-state index in [-0.39, 0.29) is 16.8 Å². The van der Waals surface area contributed by atoms with Gasteiger partial charge >= 0.3 is 6.18 Å². The molecule has 1 rings (SSSR count). The van der Waals surface area contributed by atoms with Crippen LogP contribution in [0.1, 0.15) is 19.4 Å². The predicted octanol–water partition coefficient (Wildman–Crippen LogP) is 4.20. The van der Waals surface area contributed by atoms with E-state index in [1.165, 1.54) is 6.07 Å². The molecule has 1 atom stereocenters. The van der Waals surface area contributed by atoms with Crippen molar-refractivity contribution < 1.29 is 17.9 Å². The Morgan fingerprint density at radius 3 is 2.61 bits per heavy atom. The SMILES string of the molecule is CCOCC(C)Nc1cc(C(F)(F)F)ccc1Cl. The fourth-order valence-electron chi connectivity index (χ4n) is 1.41. The number of hydrogen-bond donors (Lipinski definition) is 1. The number of hydrogen-bond acceptors (Lipinski definition) is 2. The van der Waals surface area contributed by atoms with Crippen LogP contribution in [0.15, 0.2) is 18.2 Å². The van der Waals surface area contributed by atoms with Crippen molar-refractivity contribution in [2.45, 2.75) is 26.1 Å². The lowest BCUT2D eigenvalue weighted by atomic mass is 10.2. The molecule has 0 aromatic heterocycles. The molecule has 18 heavy (non-hydrogen) atoms. The Labute approximate surface area is 109 Å². The second-order valence-corrected chi connectivity index (χ2v) is 4.30. The molecular formula is C12H15ClF3NO. The largest absolute Gasteiger partial charge is 0.416 e. The number of ether oxygens (including phenoxy) is 1. The van der Waals surface area contributed by atoms with Crippen LogP contribution in [0.2, 0.25) is 5.02 Å². The summed E-state index contributed by atoms with van der Waals surface area (Å²) < 4.78 is 42.8. The first-order valence-corrected chi connectivity index (χ1v) is 5.93. The molecule has 1 aromatic carbocycles. The van der Waals surface area contributed by atoms with Gasteiger partial charge in [0, 0.05) is 12.6 Å². The lowest BCUT2D eigenvalue weighted by molar-refractivity contribution is -0.137. The monoisotopic (exact) mass is 281 g/mol. The normalized spacial score (nSPS) is 13.4. The van der Waals surface area contributed by atoms with E-state index in [1.807, 2.05) is 13.8 Å². The van der Waals surface area contributed by atoms with Crippen LogP contribution in [0, 0.1) is 0 Å². The lowest BCUT2D eigenvalue weighted by Gasteiger charge is -2.17. The second-order valence-electron chi connectivity index (χ2n) is 3.90. The van der Waals surface area contributed by atoms with Gasteiger partial charge < -0.3 is 10.1 Å². The van der Waals surface area contributed by atoms with E-state index in [2.05, 4.69) is 5.32 Å². The van der Waals surface area contributed by atoms with Crippen molar-refractivity contribution in [3.8, 4) is 0 Å². The average Bonchev–Trinajstić information content (AvgIpc) is 2.28. The van der Waals surface area contributed by atoms with Crippen LogP contribution in [0.25, 0.3) is 0 Å². The van der Waals surface area contributed by atoms with Gasteiger partial charge in [-0.2, -0.15) is 13.2 Å². The van der Waals surface area contributed by atoms with Crippen LogP contribution in [-0.2, 0) is 10.9 Å². The molecule has 0 heterocycles. The molecular weight excluding hydrogens is 267 g/mol. The highest BCUT2D eigenvalue weighted by Crippen LogP contribution is 2.33. The van der Waals surface area contributed by atoms with Crippen LogP contribution in [-0.4, -0.2) is 19.3 Å². The van der Waals surface area contributed by atoms with Crippen LogP contribution in [0.5, 0.6) is 0 Å². The van der Waals surface area contributed by atoms with Gasteiger partial charge in [-0.25, -0.2) is 0 Å². The highest BCUT2D eigenvalue weighted by molar-refractivity contribution is 6.33. The first-order valence-electron chi connectivity index (χ1n) is 5.55. The van der Waals surface area contributed by atoms with Gasteiger partial charge in [0.1, 0.15) is 0 Å². The summed E-state index contributed by atoms with van der Waals surface area (Å²) in [5.41, 5.74) is -0.461. The second kappa shape index (κ2) is 6.29. The van der Waals surface area contributed by atoms with Crippen molar-refractivity contribution in [2.75, 3.05) is 18.5 Å². The third-order valence-corrected chi connectivity index (χ3v) is 2.60. The van der Waals surface area contributed by atoms with Crippen molar-refractivity contribution in [2.24, 2.45) is 0 Å². The van der Waals surface area contributed by atoms with Crippen LogP contribution in [0.4, 0.5) is 18.9 Å². The molecule has 6 heteroatoms. The molecule has 1 N–H and O–H groups in total. The summed E-state index contributed by atoms with van der Waals surface area (Å²) >= 11 is 5.85. The van der Waals surface area contributed by atoms with E-state index in [0.717, 1.165) is 12.1 Å². The van der Waals surface area contributed by atoms with Gasteiger partial charge in [-0.1, -0.05) is 11.6 Å². The minimum Gasteiger partial charge on any atom is -0.380 e. The summed E-state index contributed by atoms with van der Waals surface area (Å²) in [4.78, 5) is 0. The Kier molecular flexibility index (Phi) is 5.28. The molecule has 0 bridgehead atoms. The number of anilines is 1. The Morgan fingerprint density at radius 2 is 2.06 bits per heavy atom. The number of halogens is 4. The summed E-state index contributed by atoms with van der Waals surface area (Å²) in [5, 5.41) is 3.16. The van der Waals surface area contributed by atoms with Crippen molar-refractivity contribution in [1.29, 1.82) is 0 Å². The molecule has 102 valence electrons. The molecule has 0 spiro atoms. The van der Waals surface area contributed by atoms with E-state index < -0.39 is 11.7 Å². The van der Waals surface area contributed by atoms with Gasteiger partial charge in [-0.15, -0.1) is 0 Å². The minimum absolute atomic E-state index is 0.120. The Balaban J connectivity index is 2.81. The zero-order chi connectivity index (χ0) is 13.8. The first kappa shape index (κ1) is 15.1. The van der Waals surface area contributed by atoms with Crippen LogP contribution in [0.3, 0.4) is 0 Å². The lowest BCUT2D eigenvalue weighted by Crippen LogP contribution is -2.22. The maximum Gasteiger partial charge on any atom is 0.416 e. The number of nitrogens with one attached hydrogen (secondary N) is 1. The quantitative estimate of drug-likeness (QED) is 0.873. The topological polar surface area (TPSA) is 21.3 Å². The van der Waals surface area contributed by atoms with Crippen LogP contribution >= 0.6 is 11.6 Å². The van der Waals surface area contributed by atoms with Crippen molar-refractivity contribution in [3.05, 3.63) is 28.8 Å². The smallest absolute Gasteiger partial charge is 0.380 e. The third-order valence-electron chi connectivity index (χ3n) is 2.27. The standard InChI is InChI=1S/C12H15ClF3NO/c1-3-18-7-8(2)17-11-6-9(12(14,15)16)4-5-10(11)13/h4-6,8,17H,3,7H2,1-2H3. The summed E-state index contributed by atoms with van der Waals surface area (Å²) in [6, 6.07) is 3.08. The van der Waals surface area contributed by atoms with Crippen molar-refractivity contribution in [1.82, 2.24) is 0 Å². The highest BCUT2D eigenvalue weighted by atomic mass is 35.5. The third kappa shape index (κ3) is 4.38. The van der Waals surface area contributed by atoms with Crippen LogP contribution < -0.4 is 5.32 Å². The van der Waals surface area contributed by atoms with Gasteiger partial charge in [-0.3, -0.25) is 0 Å². The highest BCUT2D eigenvalue weighted by Gasteiger charge is 2.31. The summed E-state index contributed by atoms with van der Waals surface area (Å²) in [6.07, 6.45) is -4.37. The van der Waals surface area contributed by atoms with Gasteiger partial charge in [-0.05, 0) is 32.0 Å². The summed E-state index contributed by atoms with van der Waals surface area (Å²) in [7, 11) is 0.